The molecule has 0 saturated heterocycles. The fourth-order valence-electron chi connectivity index (χ4n) is 2.50. The summed E-state index contributed by atoms with van der Waals surface area (Å²) in [6.07, 6.45) is 0.426. The van der Waals surface area contributed by atoms with Crippen LogP contribution in [0.2, 0.25) is 0 Å². The highest BCUT2D eigenvalue weighted by Crippen LogP contribution is 2.25. The average Bonchev–Trinajstić information content (AvgIpc) is 2.65. The number of carbonyl (C=O) groups excluding carboxylic acids is 1. The van der Waals surface area contributed by atoms with E-state index in [1.165, 1.54) is 16.4 Å². The number of hydrogen-bond acceptors (Lipinski definition) is 5. The summed E-state index contributed by atoms with van der Waals surface area (Å²) in [6, 6.07) is 12.5. The number of sulfonamides is 1. The van der Waals surface area contributed by atoms with E-state index in [0.29, 0.717) is 13.0 Å². The minimum absolute atomic E-state index is 0.0836. The second kappa shape index (κ2) is 8.88. The van der Waals surface area contributed by atoms with E-state index in [4.69, 9.17) is 5.73 Å². The molecule has 2 aromatic rings. The zero-order valence-corrected chi connectivity index (χ0v) is 15.2. The summed E-state index contributed by atoms with van der Waals surface area (Å²) < 4.78 is 46.2. The predicted molar refractivity (Wildman–Crippen MR) is 95.4 cm³/mol. The number of nitrogens with two attached hydrogens (primary N) is 1. The van der Waals surface area contributed by atoms with E-state index in [-0.39, 0.29) is 13.1 Å². The van der Waals surface area contributed by atoms with E-state index in [1.54, 1.807) is 24.3 Å². The van der Waals surface area contributed by atoms with Crippen LogP contribution in [-0.2, 0) is 21.3 Å². The molecule has 2 N–H and O–H groups in total. The molecule has 0 radical (unpaired) electrons. The molecule has 0 aliphatic heterocycles. The largest absolute Gasteiger partial charge is 0.465 e. The number of rotatable bonds is 8. The third-order valence-electron chi connectivity index (χ3n) is 3.80. The molecule has 8 heteroatoms. The van der Waals surface area contributed by atoms with Crippen molar-refractivity contribution in [1.29, 1.82) is 0 Å². The van der Waals surface area contributed by atoms with E-state index < -0.39 is 32.3 Å². The Kier molecular flexibility index (Phi) is 6.84. The normalized spacial score (nSPS) is 11.5. The summed E-state index contributed by atoms with van der Waals surface area (Å²) in [5.41, 5.74) is 5.69. The predicted octanol–water partition coefficient (Wildman–Crippen LogP) is 2.15. The molecule has 0 atom stereocenters. The van der Waals surface area contributed by atoms with Crippen LogP contribution in [-0.4, -0.2) is 38.9 Å². The van der Waals surface area contributed by atoms with E-state index in [0.717, 1.165) is 18.7 Å². The molecule has 140 valence electrons. The number of methoxy groups -OCH3 is 1. The van der Waals surface area contributed by atoms with Crippen LogP contribution in [0, 0.1) is 5.82 Å². The fourth-order valence-corrected chi connectivity index (χ4v) is 4.15. The van der Waals surface area contributed by atoms with Gasteiger partial charge in [-0.1, -0.05) is 36.4 Å². The third-order valence-corrected chi connectivity index (χ3v) is 5.68. The lowest BCUT2D eigenvalue weighted by molar-refractivity contribution is 0.0590. The van der Waals surface area contributed by atoms with Gasteiger partial charge < -0.3 is 10.5 Å². The third kappa shape index (κ3) is 4.46. The highest BCUT2D eigenvalue weighted by atomic mass is 32.2. The van der Waals surface area contributed by atoms with Crippen LogP contribution in [0.3, 0.4) is 0 Å². The van der Waals surface area contributed by atoms with Gasteiger partial charge >= 0.3 is 5.97 Å². The molecule has 2 aromatic carbocycles. The summed E-state index contributed by atoms with van der Waals surface area (Å²) in [5.74, 6) is -1.99. The Morgan fingerprint density at radius 1 is 1.15 bits per heavy atom. The Morgan fingerprint density at radius 2 is 1.85 bits per heavy atom. The van der Waals surface area contributed by atoms with Crippen LogP contribution in [0.15, 0.2) is 53.4 Å². The van der Waals surface area contributed by atoms with Crippen molar-refractivity contribution in [2.75, 3.05) is 20.2 Å². The first kappa shape index (κ1) is 20.0. The second-order valence-corrected chi connectivity index (χ2v) is 7.48. The quantitative estimate of drug-likeness (QED) is 0.709. The van der Waals surface area contributed by atoms with Gasteiger partial charge in [0, 0.05) is 13.1 Å². The van der Waals surface area contributed by atoms with Crippen LogP contribution >= 0.6 is 0 Å². The van der Waals surface area contributed by atoms with Gasteiger partial charge in [-0.15, -0.1) is 0 Å². The Hall–Kier alpha value is -2.29. The molecular formula is C18H21FN2O4S. The van der Waals surface area contributed by atoms with Crippen LogP contribution < -0.4 is 5.73 Å². The number of nitrogens with zero attached hydrogens (tertiary/aromatic N) is 1. The van der Waals surface area contributed by atoms with Crippen molar-refractivity contribution in [3.63, 3.8) is 0 Å². The highest BCUT2D eigenvalue weighted by Gasteiger charge is 2.31. The SMILES string of the molecule is COC(=O)c1c(F)cccc1S(=O)(=O)N(CCCN)Cc1ccccc1. The summed E-state index contributed by atoms with van der Waals surface area (Å²) in [6.45, 7) is 0.527. The molecule has 0 heterocycles. The van der Waals surface area contributed by atoms with Crippen LogP contribution in [0.4, 0.5) is 4.39 Å². The lowest BCUT2D eigenvalue weighted by Gasteiger charge is -2.23. The smallest absolute Gasteiger partial charge is 0.342 e. The molecule has 0 fully saturated rings. The van der Waals surface area contributed by atoms with Crippen molar-refractivity contribution < 1.29 is 22.3 Å². The molecular weight excluding hydrogens is 359 g/mol. The highest BCUT2D eigenvalue weighted by molar-refractivity contribution is 7.89. The minimum atomic E-state index is -4.14. The Bertz CT molecular complexity index is 857. The van der Waals surface area contributed by atoms with Gasteiger partial charge in [-0.3, -0.25) is 0 Å². The van der Waals surface area contributed by atoms with Crippen molar-refractivity contribution >= 4 is 16.0 Å². The van der Waals surface area contributed by atoms with Crippen molar-refractivity contribution in [3.05, 3.63) is 65.5 Å². The molecule has 6 nitrogen and oxygen atoms in total. The maximum absolute atomic E-state index is 14.2. The van der Waals surface area contributed by atoms with Crippen LogP contribution in [0.5, 0.6) is 0 Å². The van der Waals surface area contributed by atoms with Gasteiger partial charge in [0.15, 0.2) is 0 Å². The molecule has 26 heavy (non-hydrogen) atoms. The summed E-state index contributed by atoms with van der Waals surface area (Å²) in [5, 5.41) is 0. The standard InChI is InChI=1S/C18H21FN2O4S/c1-25-18(22)17-15(19)9-5-10-16(17)26(23,24)21(12-6-11-20)13-14-7-3-2-4-8-14/h2-5,7-10H,6,11-13,20H2,1H3. The minimum Gasteiger partial charge on any atom is -0.465 e. The summed E-state index contributed by atoms with van der Waals surface area (Å²) >= 11 is 0. The molecule has 2 rings (SSSR count). The maximum Gasteiger partial charge on any atom is 0.342 e. The first-order valence-corrected chi connectivity index (χ1v) is 9.46. The zero-order valence-electron chi connectivity index (χ0n) is 14.4. The van der Waals surface area contributed by atoms with Gasteiger partial charge in [0.1, 0.15) is 11.4 Å². The van der Waals surface area contributed by atoms with Crippen LogP contribution in [0.1, 0.15) is 22.3 Å². The number of hydrogen-bond donors (Lipinski definition) is 1. The molecule has 0 saturated carbocycles. The second-order valence-electron chi connectivity index (χ2n) is 5.57. The zero-order chi connectivity index (χ0) is 19.2. The summed E-state index contributed by atoms with van der Waals surface area (Å²) in [4.78, 5) is 11.5. The van der Waals surface area contributed by atoms with Gasteiger partial charge in [-0.2, -0.15) is 4.31 Å². The van der Waals surface area contributed by atoms with Gasteiger partial charge in [-0.05, 0) is 30.7 Å². The molecule has 0 unspecified atom stereocenters. The number of benzene rings is 2. The van der Waals surface area contributed by atoms with Crippen LogP contribution in [0.25, 0.3) is 0 Å². The number of halogens is 1. The number of esters is 1. The number of ether oxygens (including phenoxy) is 1. The lowest BCUT2D eigenvalue weighted by atomic mass is 10.2. The average molecular weight is 380 g/mol. The molecule has 0 amide bonds. The van der Waals surface area contributed by atoms with Gasteiger partial charge in [0.05, 0.1) is 12.0 Å². The Balaban J connectivity index is 2.50. The van der Waals surface area contributed by atoms with Crippen molar-refractivity contribution in [2.45, 2.75) is 17.9 Å². The molecule has 0 aromatic heterocycles. The van der Waals surface area contributed by atoms with E-state index >= 15 is 0 Å². The molecule has 0 bridgehead atoms. The van der Waals surface area contributed by atoms with Crippen molar-refractivity contribution in [3.8, 4) is 0 Å². The van der Waals surface area contributed by atoms with E-state index in [1.807, 2.05) is 6.07 Å². The monoisotopic (exact) mass is 380 g/mol. The molecule has 0 aliphatic rings. The summed E-state index contributed by atoms with van der Waals surface area (Å²) in [7, 11) is -3.07. The fraction of sp³-hybridized carbons (Fsp3) is 0.278. The molecule has 0 spiro atoms. The first-order valence-electron chi connectivity index (χ1n) is 8.02. The van der Waals surface area contributed by atoms with Gasteiger partial charge in [0.25, 0.3) is 0 Å². The lowest BCUT2D eigenvalue weighted by Crippen LogP contribution is -2.34. The first-order chi connectivity index (χ1) is 12.4. The van der Waals surface area contributed by atoms with E-state index in [9.17, 15) is 17.6 Å². The number of carbonyl (C=O) groups is 1. The van der Waals surface area contributed by atoms with Crippen molar-refractivity contribution in [1.82, 2.24) is 4.31 Å². The topological polar surface area (TPSA) is 89.7 Å². The van der Waals surface area contributed by atoms with E-state index in [2.05, 4.69) is 4.74 Å². The van der Waals surface area contributed by atoms with Gasteiger partial charge in [0.2, 0.25) is 10.0 Å². The maximum atomic E-state index is 14.2. The van der Waals surface area contributed by atoms with Crippen molar-refractivity contribution in [2.24, 2.45) is 5.73 Å². The van der Waals surface area contributed by atoms with Gasteiger partial charge in [-0.25, -0.2) is 17.6 Å². The molecule has 0 aliphatic carbocycles. The Labute approximate surface area is 152 Å². The Morgan fingerprint density at radius 3 is 2.46 bits per heavy atom.